The fraction of sp³-hybridized carbons (Fsp3) is 0.444. The molecule has 0 aliphatic carbocycles. The molecule has 1 fully saturated rings. The third kappa shape index (κ3) is 5.43. The van der Waals surface area contributed by atoms with Gasteiger partial charge in [-0.15, -0.1) is 11.8 Å². The van der Waals surface area contributed by atoms with Gasteiger partial charge in [-0.25, -0.2) is 0 Å². The quantitative estimate of drug-likeness (QED) is 0.832. The van der Waals surface area contributed by atoms with Gasteiger partial charge in [-0.3, -0.25) is 9.59 Å². The molecular formula is C18H24N2O2S. The van der Waals surface area contributed by atoms with E-state index in [0.29, 0.717) is 26.2 Å². The minimum Gasteiger partial charge on any atom is -0.339 e. The highest BCUT2D eigenvalue weighted by atomic mass is 32.2. The van der Waals surface area contributed by atoms with Gasteiger partial charge >= 0.3 is 0 Å². The third-order valence-electron chi connectivity index (χ3n) is 3.94. The Labute approximate surface area is 142 Å². The topological polar surface area (TPSA) is 40.6 Å². The van der Waals surface area contributed by atoms with E-state index in [1.165, 1.54) is 5.56 Å². The molecule has 1 aromatic carbocycles. The van der Waals surface area contributed by atoms with Crippen molar-refractivity contribution in [2.45, 2.75) is 19.1 Å². The Morgan fingerprint density at radius 2 is 1.74 bits per heavy atom. The monoisotopic (exact) mass is 332 g/mol. The number of thioether (sulfide) groups is 1. The molecule has 0 N–H and O–H groups in total. The van der Waals surface area contributed by atoms with E-state index in [1.54, 1.807) is 23.6 Å². The van der Waals surface area contributed by atoms with Crippen LogP contribution in [0.4, 0.5) is 0 Å². The first kappa shape index (κ1) is 17.6. The van der Waals surface area contributed by atoms with Crippen molar-refractivity contribution in [1.82, 2.24) is 9.80 Å². The first-order chi connectivity index (χ1) is 11.1. The molecule has 1 heterocycles. The van der Waals surface area contributed by atoms with Crippen molar-refractivity contribution in [2.75, 3.05) is 31.9 Å². The summed E-state index contributed by atoms with van der Waals surface area (Å²) in [5, 5.41) is -0.0562. The predicted octanol–water partition coefficient (Wildman–Crippen LogP) is 2.51. The molecule has 0 spiro atoms. The van der Waals surface area contributed by atoms with Gasteiger partial charge in [0.05, 0.1) is 5.25 Å². The molecule has 5 heteroatoms. The van der Waals surface area contributed by atoms with E-state index in [2.05, 4.69) is 24.3 Å². The molecule has 1 aliphatic rings. The molecule has 1 aliphatic heterocycles. The first-order valence-corrected chi connectivity index (χ1v) is 9.00. The first-order valence-electron chi connectivity index (χ1n) is 7.95. The van der Waals surface area contributed by atoms with Crippen LogP contribution in [0.2, 0.25) is 0 Å². The highest BCUT2D eigenvalue weighted by molar-refractivity contribution is 8.00. The van der Waals surface area contributed by atoms with Gasteiger partial charge in [-0.05, 0) is 12.5 Å². The summed E-state index contributed by atoms with van der Waals surface area (Å²) in [7, 11) is 0. The summed E-state index contributed by atoms with van der Waals surface area (Å²) in [5.41, 5.74) is 1.17. The average Bonchev–Trinajstić information content (AvgIpc) is 2.59. The van der Waals surface area contributed by atoms with Gasteiger partial charge in [0.1, 0.15) is 0 Å². The lowest BCUT2D eigenvalue weighted by molar-refractivity contribution is -0.137. The van der Waals surface area contributed by atoms with Gasteiger partial charge in [0.2, 0.25) is 11.8 Å². The van der Waals surface area contributed by atoms with E-state index in [9.17, 15) is 9.59 Å². The predicted molar refractivity (Wildman–Crippen MR) is 96.2 cm³/mol. The summed E-state index contributed by atoms with van der Waals surface area (Å²) < 4.78 is 0. The maximum absolute atomic E-state index is 12.4. The smallest absolute Gasteiger partial charge is 0.235 e. The van der Waals surface area contributed by atoms with Crippen molar-refractivity contribution in [2.24, 2.45) is 0 Å². The van der Waals surface area contributed by atoms with Crippen molar-refractivity contribution in [3.05, 3.63) is 42.0 Å². The van der Waals surface area contributed by atoms with Crippen molar-refractivity contribution < 1.29 is 9.59 Å². The van der Waals surface area contributed by atoms with Gasteiger partial charge < -0.3 is 9.80 Å². The number of hydrogen-bond donors (Lipinski definition) is 0. The molecule has 0 saturated carbocycles. The van der Waals surface area contributed by atoms with Crippen molar-refractivity contribution in [3.8, 4) is 0 Å². The molecule has 0 radical (unpaired) electrons. The molecule has 2 amide bonds. The number of piperazine rings is 1. The molecule has 124 valence electrons. The standard InChI is InChI=1S/C18H24N2O2S/c1-15(23-14-6-9-17-7-4-3-5-8-17)18(22)20-12-10-19(11-13-20)16(2)21/h3-9,15H,10-14H2,1-2H3/b9-6+. The molecule has 0 aromatic heterocycles. The minimum atomic E-state index is -0.0562. The van der Waals surface area contributed by atoms with Gasteiger partial charge in [-0.2, -0.15) is 0 Å². The van der Waals surface area contributed by atoms with Crippen molar-refractivity contribution in [3.63, 3.8) is 0 Å². The maximum Gasteiger partial charge on any atom is 0.235 e. The summed E-state index contributed by atoms with van der Waals surface area (Å²) in [5.74, 6) is 1.08. The maximum atomic E-state index is 12.4. The molecule has 1 aromatic rings. The summed E-state index contributed by atoms with van der Waals surface area (Å²) in [6, 6.07) is 10.1. The van der Waals surface area contributed by atoms with Crippen LogP contribution >= 0.6 is 11.8 Å². The number of hydrogen-bond acceptors (Lipinski definition) is 3. The van der Waals surface area contributed by atoms with Crippen molar-refractivity contribution >= 4 is 29.7 Å². The number of amides is 2. The zero-order valence-electron chi connectivity index (χ0n) is 13.8. The van der Waals surface area contributed by atoms with Crippen LogP contribution in [0.5, 0.6) is 0 Å². The van der Waals surface area contributed by atoms with Crippen LogP contribution in [-0.2, 0) is 9.59 Å². The SMILES string of the molecule is CC(=O)N1CCN(C(=O)C(C)SC/C=C/c2ccccc2)CC1. The summed E-state index contributed by atoms with van der Waals surface area (Å²) >= 11 is 1.65. The number of carbonyl (C=O) groups is 2. The Morgan fingerprint density at radius 3 is 2.35 bits per heavy atom. The normalized spacial score (nSPS) is 16.6. The van der Waals surface area contributed by atoms with E-state index in [0.717, 1.165) is 5.75 Å². The molecular weight excluding hydrogens is 308 g/mol. The lowest BCUT2D eigenvalue weighted by Gasteiger charge is -2.35. The second kappa shape index (κ2) is 8.77. The molecule has 1 unspecified atom stereocenters. The molecule has 1 atom stereocenters. The fourth-order valence-electron chi connectivity index (χ4n) is 2.52. The van der Waals surface area contributed by atoms with Crippen LogP contribution in [0.15, 0.2) is 36.4 Å². The average molecular weight is 332 g/mol. The van der Waals surface area contributed by atoms with Crippen LogP contribution in [0.1, 0.15) is 19.4 Å². The summed E-state index contributed by atoms with van der Waals surface area (Å²) in [4.78, 5) is 27.4. The van der Waals surface area contributed by atoms with Crippen LogP contribution < -0.4 is 0 Å². The van der Waals surface area contributed by atoms with Crippen molar-refractivity contribution in [1.29, 1.82) is 0 Å². The van der Waals surface area contributed by atoms with Crippen LogP contribution in [0.25, 0.3) is 6.08 Å². The second-order valence-corrected chi connectivity index (χ2v) is 6.99. The van der Waals surface area contributed by atoms with Crippen LogP contribution in [0.3, 0.4) is 0 Å². The van der Waals surface area contributed by atoms with E-state index in [4.69, 9.17) is 0 Å². The highest BCUT2D eigenvalue weighted by Crippen LogP contribution is 2.16. The zero-order chi connectivity index (χ0) is 16.7. The Balaban J connectivity index is 1.73. The third-order valence-corrected chi connectivity index (χ3v) is 5.02. The summed E-state index contributed by atoms with van der Waals surface area (Å²) in [6.45, 7) is 6.11. The second-order valence-electron chi connectivity index (χ2n) is 5.62. The minimum absolute atomic E-state index is 0.0562. The molecule has 1 saturated heterocycles. The number of nitrogens with zero attached hydrogens (tertiary/aromatic N) is 2. The summed E-state index contributed by atoms with van der Waals surface area (Å²) in [6.07, 6.45) is 4.17. The Bertz CT molecular complexity index is 551. The van der Waals surface area contributed by atoms with E-state index in [1.807, 2.05) is 30.0 Å². The van der Waals surface area contributed by atoms with Gasteiger partial charge in [-0.1, -0.05) is 42.5 Å². The van der Waals surface area contributed by atoms with Gasteiger partial charge in [0.15, 0.2) is 0 Å². The fourth-order valence-corrected chi connectivity index (χ4v) is 3.31. The van der Waals surface area contributed by atoms with Gasteiger partial charge in [0.25, 0.3) is 0 Å². The van der Waals surface area contributed by atoms with Gasteiger partial charge in [0, 0.05) is 38.9 Å². The number of rotatable bonds is 5. The van der Waals surface area contributed by atoms with Crippen LogP contribution in [0, 0.1) is 0 Å². The molecule has 0 bridgehead atoms. The van der Waals surface area contributed by atoms with Crippen LogP contribution in [-0.4, -0.2) is 58.8 Å². The van der Waals surface area contributed by atoms with E-state index >= 15 is 0 Å². The van der Waals surface area contributed by atoms with E-state index in [-0.39, 0.29) is 17.1 Å². The number of carbonyl (C=O) groups excluding carboxylic acids is 2. The number of benzene rings is 1. The zero-order valence-corrected chi connectivity index (χ0v) is 14.6. The lowest BCUT2D eigenvalue weighted by atomic mass is 10.2. The molecule has 4 nitrogen and oxygen atoms in total. The Morgan fingerprint density at radius 1 is 1.13 bits per heavy atom. The molecule has 2 rings (SSSR count). The lowest BCUT2D eigenvalue weighted by Crippen LogP contribution is -2.51. The molecule has 23 heavy (non-hydrogen) atoms. The van der Waals surface area contributed by atoms with E-state index < -0.39 is 0 Å². The largest absolute Gasteiger partial charge is 0.339 e. The highest BCUT2D eigenvalue weighted by Gasteiger charge is 2.25. The Kier molecular flexibility index (Phi) is 6.71. The Hall–Kier alpha value is -1.75.